The van der Waals surface area contributed by atoms with Crippen molar-refractivity contribution in [2.75, 3.05) is 39.7 Å². The van der Waals surface area contributed by atoms with E-state index in [1.165, 1.54) is 12.8 Å². The second-order valence-corrected chi connectivity index (χ2v) is 8.79. The number of ether oxygens (including phenoxy) is 2. The largest absolute Gasteiger partial charge is 0.380 e. The van der Waals surface area contributed by atoms with Crippen molar-refractivity contribution >= 4 is 23.1 Å². The molecule has 1 aromatic rings. The number of likely N-dealkylation sites (N-methyl/N-ethyl adjacent to an activating group) is 1. The SMILES string of the molecule is C=C(/C=C(/C(=O)Nc1cc(C2=CC(=O)CC2)n(C2CCCCO2)n1)N(C)C)COC.CCCC. The molecule has 1 aliphatic heterocycles. The van der Waals surface area contributed by atoms with E-state index in [1.807, 2.05) is 10.7 Å². The van der Waals surface area contributed by atoms with Crippen LogP contribution in [0, 0.1) is 0 Å². The lowest BCUT2D eigenvalue weighted by Crippen LogP contribution is -2.26. The van der Waals surface area contributed by atoms with Crippen molar-refractivity contribution in [3.05, 3.63) is 41.8 Å². The lowest BCUT2D eigenvalue weighted by atomic mass is 10.1. The fraction of sp³-hybridized carbons (Fsp3) is 0.577. The summed E-state index contributed by atoms with van der Waals surface area (Å²) in [4.78, 5) is 26.4. The van der Waals surface area contributed by atoms with Crippen LogP contribution in [0.5, 0.6) is 0 Å². The first-order valence-corrected chi connectivity index (χ1v) is 12.1. The summed E-state index contributed by atoms with van der Waals surface area (Å²) in [5.41, 5.74) is 2.88. The van der Waals surface area contributed by atoms with Gasteiger partial charge in [0.1, 0.15) is 5.70 Å². The lowest BCUT2D eigenvalue weighted by Gasteiger charge is -2.24. The third-order valence-corrected chi connectivity index (χ3v) is 5.60. The van der Waals surface area contributed by atoms with E-state index in [-0.39, 0.29) is 17.9 Å². The number of carbonyl (C=O) groups is 2. The molecule has 8 nitrogen and oxygen atoms in total. The molecule has 3 rings (SSSR count). The van der Waals surface area contributed by atoms with Gasteiger partial charge in [0.2, 0.25) is 0 Å². The smallest absolute Gasteiger partial charge is 0.273 e. The second-order valence-electron chi connectivity index (χ2n) is 8.79. The fourth-order valence-electron chi connectivity index (χ4n) is 3.63. The van der Waals surface area contributed by atoms with Gasteiger partial charge in [-0.2, -0.15) is 5.10 Å². The van der Waals surface area contributed by atoms with E-state index in [0.717, 1.165) is 30.5 Å². The highest BCUT2D eigenvalue weighted by molar-refractivity contribution is 6.04. The summed E-state index contributed by atoms with van der Waals surface area (Å²) >= 11 is 0. The van der Waals surface area contributed by atoms with Crippen LogP contribution in [0.25, 0.3) is 5.57 Å². The summed E-state index contributed by atoms with van der Waals surface area (Å²) in [6, 6.07) is 1.82. The number of rotatable bonds is 9. The molecule has 1 aromatic heterocycles. The van der Waals surface area contributed by atoms with Crippen molar-refractivity contribution in [1.82, 2.24) is 14.7 Å². The Balaban J connectivity index is 0.000000945. The van der Waals surface area contributed by atoms with Gasteiger partial charge in [-0.1, -0.05) is 33.3 Å². The number of carbonyl (C=O) groups excluding carboxylic acids is 2. The van der Waals surface area contributed by atoms with Crippen LogP contribution in [0.15, 0.2) is 36.1 Å². The molecule has 188 valence electrons. The number of hydrogen-bond donors (Lipinski definition) is 1. The second kappa shape index (κ2) is 13.9. The Morgan fingerprint density at radius 1 is 1.32 bits per heavy atom. The van der Waals surface area contributed by atoms with Gasteiger partial charge in [-0.05, 0) is 49.0 Å². The minimum Gasteiger partial charge on any atom is -0.380 e. The lowest BCUT2D eigenvalue weighted by molar-refractivity contribution is -0.114. The van der Waals surface area contributed by atoms with Gasteiger partial charge in [-0.25, -0.2) is 4.68 Å². The Bertz CT molecular complexity index is 906. The molecule has 0 aromatic carbocycles. The van der Waals surface area contributed by atoms with Crippen LogP contribution in [0.2, 0.25) is 0 Å². The van der Waals surface area contributed by atoms with Gasteiger partial charge < -0.3 is 19.7 Å². The minimum absolute atomic E-state index is 0.113. The van der Waals surface area contributed by atoms with Crippen molar-refractivity contribution in [3.63, 3.8) is 0 Å². The Labute approximate surface area is 203 Å². The number of hydrogen-bond acceptors (Lipinski definition) is 6. The third-order valence-electron chi connectivity index (χ3n) is 5.60. The van der Waals surface area contributed by atoms with E-state index in [4.69, 9.17) is 9.47 Å². The number of methoxy groups -OCH3 is 1. The molecule has 0 radical (unpaired) electrons. The number of unbranched alkanes of at least 4 members (excludes halogenated alkanes) is 1. The number of allylic oxidation sites excluding steroid dienone is 2. The first kappa shape index (κ1) is 27.5. The van der Waals surface area contributed by atoms with Gasteiger partial charge in [0, 0.05) is 40.3 Å². The van der Waals surface area contributed by atoms with Crippen LogP contribution < -0.4 is 5.32 Å². The maximum absolute atomic E-state index is 12.9. The van der Waals surface area contributed by atoms with Crippen molar-refractivity contribution in [1.29, 1.82) is 0 Å². The van der Waals surface area contributed by atoms with Gasteiger partial charge in [0.15, 0.2) is 17.8 Å². The summed E-state index contributed by atoms with van der Waals surface area (Å²) in [6.07, 6.45) is 9.91. The highest BCUT2D eigenvalue weighted by Crippen LogP contribution is 2.32. The van der Waals surface area contributed by atoms with E-state index < -0.39 is 0 Å². The zero-order valence-electron chi connectivity index (χ0n) is 21.4. The van der Waals surface area contributed by atoms with E-state index in [1.54, 1.807) is 38.3 Å². The quantitative estimate of drug-likeness (QED) is 0.413. The summed E-state index contributed by atoms with van der Waals surface area (Å²) in [5, 5.41) is 7.49. The highest BCUT2D eigenvalue weighted by Gasteiger charge is 2.25. The molecule has 1 aliphatic carbocycles. The molecule has 1 amide bonds. The maximum atomic E-state index is 12.9. The number of aromatic nitrogens is 2. The minimum atomic E-state index is -0.297. The van der Waals surface area contributed by atoms with Crippen LogP contribution in [-0.2, 0) is 19.1 Å². The molecule has 2 heterocycles. The van der Waals surface area contributed by atoms with E-state index in [9.17, 15) is 9.59 Å². The van der Waals surface area contributed by atoms with Crippen molar-refractivity contribution in [3.8, 4) is 0 Å². The zero-order chi connectivity index (χ0) is 25.1. The molecule has 1 saturated heterocycles. The average molecular weight is 473 g/mol. The number of amides is 1. The molecule has 0 bridgehead atoms. The average Bonchev–Trinajstić information content (AvgIpc) is 3.44. The summed E-state index contributed by atoms with van der Waals surface area (Å²) in [5.74, 6) is 0.242. The first-order valence-electron chi connectivity index (χ1n) is 12.1. The van der Waals surface area contributed by atoms with Crippen LogP contribution in [0.3, 0.4) is 0 Å². The van der Waals surface area contributed by atoms with E-state index >= 15 is 0 Å². The van der Waals surface area contributed by atoms with Crippen LogP contribution in [-0.4, -0.2) is 60.8 Å². The zero-order valence-corrected chi connectivity index (χ0v) is 21.4. The molecule has 1 atom stereocenters. The molecular formula is C26H40N4O4. The Morgan fingerprint density at radius 2 is 2.06 bits per heavy atom. The fourth-order valence-corrected chi connectivity index (χ4v) is 3.63. The predicted molar refractivity (Wildman–Crippen MR) is 135 cm³/mol. The summed E-state index contributed by atoms with van der Waals surface area (Å²) < 4.78 is 12.8. The molecule has 0 saturated carbocycles. The maximum Gasteiger partial charge on any atom is 0.273 e. The Hall–Kier alpha value is -2.71. The highest BCUT2D eigenvalue weighted by atomic mass is 16.5. The first-order chi connectivity index (χ1) is 16.3. The topological polar surface area (TPSA) is 85.7 Å². The normalized spacial score (nSPS) is 18.1. The van der Waals surface area contributed by atoms with Crippen LogP contribution in [0.1, 0.15) is 70.7 Å². The van der Waals surface area contributed by atoms with E-state index in [2.05, 4.69) is 30.8 Å². The van der Waals surface area contributed by atoms with Gasteiger partial charge in [-0.15, -0.1) is 0 Å². The Morgan fingerprint density at radius 3 is 2.59 bits per heavy atom. The monoisotopic (exact) mass is 472 g/mol. The standard InChI is InChI=1S/C22H30N4O4.C4H10/c1-15(14-29-4)11-19(25(2)3)22(28)23-20-13-18(16-8-9-17(27)12-16)26(24-20)21-7-5-6-10-30-21;1-3-4-2/h11-13,21H,1,5-10,14H2,2-4H3,(H,23,24,28);3-4H2,1-2H3/b19-11-;. The van der Waals surface area contributed by atoms with Crippen LogP contribution >= 0.6 is 0 Å². The summed E-state index contributed by atoms with van der Waals surface area (Å²) in [6.45, 7) is 9.29. The molecular weight excluding hydrogens is 432 g/mol. The van der Waals surface area contributed by atoms with Gasteiger partial charge in [0.05, 0.1) is 12.3 Å². The molecule has 8 heteroatoms. The van der Waals surface area contributed by atoms with Gasteiger partial charge >= 0.3 is 0 Å². The molecule has 1 fully saturated rings. The summed E-state index contributed by atoms with van der Waals surface area (Å²) in [7, 11) is 5.17. The predicted octanol–water partition coefficient (Wildman–Crippen LogP) is 4.72. The van der Waals surface area contributed by atoms with Gasteiger partial charge in [-0.3, -0.25) is 9.59 Å². The number of anilines is 1. The molecule has 0 spiro atoms. The number of nitrogens with zero attached hydrogens (tertiary/aromatic N) is 3. The molecule has 1 unspecified atom stereocenters. The van der Waals surface area contributed by atoms with E-state index in [0.29, 0.717) is 43.1 Å². The molecule has 1 N–H and O–H groups in total. The number of ketones is 1. The van der Waals surface area contributed by atoms with Crippen molar-refractivity contribution in [2.24, 2.45) is 0 Å². The third kappa shape index (κ3) is 7.95. The molecule has 34 heavy (non-hydrogen) atoms. The van der Waals surface area contributed by atoms with Crippen molar-refractivity contribution < 1.29 is 19.1 Å². The van der Waals surface area contributed by atoms with Gasteiger partial charge in [0.25, 0.3) is 5.91 Å². The van der Waals surface area contributed by atoms with Crippen LogP contribution in [0.4, 0.5) is 5.82 Å². The Kier molecular flexibility index (Phi) is 11.2. The number of nitrogens with one attached hydrogen (secondary N) is 1. The van der Waals surface area contributed by atoms with Crippen molar-refractivity contribution in [2.45, 2.75) is 65.0 Å². The molecule has 2 aliphatic rings.